The molecule has 1 aliphatic carbocycles. The normalized spacial score (nSPS) is 12.9. The molecule has 0 spiro atoms. The lowest BCUT2D eigenvalue weighted by Crippen LogP contribution is -2.22. The molecule has 2 N–H and O–H groups in total. The molecule has 0 radical (unpaired) electrons. The van der Waals surface area contributed by atoms with E-state index in [9.17, 15) is 22.8 Å². The van der Waals surface area contributed by atoms with Gasteiger partial charge in [-0.25, -0.2) is 18.0 Å². The predicted molar refractivity (Wildman–Crippen MR) is 142 cm³/mol. The van der Waals surface area contributed by atoms with Gasteiger partial charge in [0.2, 0.25) is 0 Å². The van der Waals surface area contributed by atoms with Crippen LogP contribution in [0.25, 0.3) is 0 Å². The Kier molecular flexibility index (Phi) is 8.53. The van der Waals surface area contributed by atoms with Gasteiger partial charge < -0.3 is 14.8 Å². The highest BCUT2D eigenvalue weighted by atomic mass is 35.5. The van der Waals surface area contributed by atoms with E-state index in [2.05, 4.69) is 10.0 Å². The zero-order valence-corrected chi connectivity index (χ0v) is 22.9. The number of amides is 1. The number of halogens is 1. The van der Waals surface area contributed by atoms with Gasteiger partial charge in [-0.3, -0.25) is 9.52 Å². The number of hydrogen-bond acceptors (Lipinski definition) is 9. The molecule has 4 rings (SSSR count). The summed E-state index contributed by atoms with van der Waals surface area (Å²) in [7, 11) is -3.81. The number of hydrogen-bond donors (Lipinski definition) is 2. The Balaban J connectivity index is 1.36. The van der Waals surface area contributed by atoms with E-state index in [0.717, 1.165) is 47.5 Å². The summed E-state index contributed by atoms with van der Waals surface area (Å²) in [5, 5.41) is 3.08. The van der Waals surface area contributed by atoms with E-state index in [1.807, 2.05) is 0 Å². The lowest BCUT2D eigenvalue weighted by atomic mass is 9.95. The van der Waals surface area contributed by atoms with Crippen molar-refractivity contribution in [3.8, 4) is 0 Å². The van der Waals surface area contributed by atoms with E-state index in [4.69, 9.17) is 21.1 Å². The Morgan fingerprint density at radius 1 is 0.973 bits per heavy atom. The summed E-state index contributed by atoms with van der Waals surface area (Å²) in [6.07, 6.45) is 3.57. The molecule has 3 aromatic rings. The number of esters is 2. The third-order valence-electron chi connectivity index (χ3n) is 5.42. The fourth-order valence-electron chi connectivity index (χ4n) is 3.77. The van der Waals surface area contributed by atoms with Crippen LogP contribution in [0.4, 0.5) is 10.7 Å². The zero-order valence-electron chi connectivity index (χ0n) is 19.7. The van der Waals surface area contributed by atoms with Crippen molar-refractivity contribution in [2.75, 3.05) is 23.3 Å². The maximum absolute atomic E-state index is 12.5. The van der Waals surface area contributed by atoms with Crippen molar-refractivity contribution < 1.29 is 32.3 Å². The Morgan fingerprint density at radius 2 is 1.70 bits per heavy atom. The Hall–Kier alpha value is -2.93. The molecule has 1 amide bonds. The number of ether oxygens (including phenoxy) is 2. The van der Waals surface area contributed by atoms with Crippen LogP contribution in [-0.4, -0.2) is 39.5 Å². The maximum atomic E-state index is 12.5. The fourth-order valence-corrected chi connectivity index (χ4v) is 7.61. The molecule has 0 saturated carbocycles. The van der Waals surface area contributed by atoms with Crippen molar-refractivity contribution in [2.24, 2.45) is 0 Å². The molecular formula is C24H23ClN2O7S3. The summed E-state index contributed by atoms with van der Waals surface area (Å²) in [5.74, 6) is -1.82. The van der Waals surface area contributed by atoms with Crippen LogP contribution < -0.4 is 10.0 Å². The minimum absolute atomic E-state index is 0.0599. The van der Waals surface area contributed by atoms with Gasteiger partial charge in [0.15, 0.2) is 6.61 Å². The van der Waals surface area contributed by atoms with E-state index in [1.165, 1.54) is 47.7 Å². The van der Waals surface area contributed by atoms with Gasteiger partial charge in [-0.15, -0.1) is 22.7 Å². The van der Waals surface area contributed by atoms with Gasteiger partial charge in [-0.1, -0.05) is 11.6 Å². The topological polar surface area (TPSA) is 128 Å². The molecule has 0 bridgehead atoms. The smallest absolute Gasteiger partial charge is 0.341 e. The molecule has 9 nitrogen and oxygen atoms in total. The first-order chi connectivity index (χ1) is 17.7. The number of aryl methyl sites for hydroxylation is 1. The highest BCUT2D eigenvalue weighted by Crippen LogP contribution is 2.38. The molecule has 0 fully saturated rings. The van der Waals surface area contributed by atoms with Gasteiger partial charge in [0.25, 0.3) is 15.9 Å². The van der Waals surface area contributed by atoms with Crippen LogP contribution >= 0.6 is 34.3 Å². The van der Waals surface area contributed by atoms with Gasteiger partial charge in [-0.05, 0) is 74.6 Å². The standard InChI is InChI=1S/C24H23ClN2O7S3/c1-2-33-24(30)21-16-5-3-4-6-17(16)35-22(21)26-19(28)13-34-23(29)14-7-9-15(10-8-14)27-37(31,32)20-12-11-18(25)36-20/h7-12,27H,2-6,13H2,1H3,(H,26,28). The summed E-state index contributed by atoms with van der Waals surface area (Å²) < 4.78 is 37.9. The summed E-state index contributed by atoms with van der Waals surface area (Å²) >= 11 is 8.07. The van der Waals surface area contributed by atoms with Crippen LogP contribution in [0.2, 0.25) is 4.34 Å². The quantitative estimate of drug-likeness (QED) is 0.335. The van der Waals surface area contributed by atoms with Crippen LogP contribution in [0.3, 0.4) is 0 Å². The molecule has 2 aromatic heterocycles. The van der Waals surface area contributed by atoms with Crippen molar-refractivity contribution in [1.29, 1.82) is 0 Å². The third-order valence-corrected chi connectivity index (χ3v) is 9.74. The molecule has 0 atom stereocenters. The summed E-state index contributed by atoms with van der Waals surface area (Å²) in [5.41, 5.74) is 1.67. The van der Waals surface area contributed by atoms with Crippen LogP contribution in [0, 0.1) is 0 Å². The molecule has 37 heavy (non-hydrogen) atoms. The number of carbonyl (C=O) groups excluding carboxylic acids is 3. The van der Waals surface area contributed by atoms with E-state index in [1.54, 1.807) is 6.92 Å². The molecule has 2 heterocycles. The molecular weight excluding hydrogens is 560 g/mol. The van der Waals surface area contributed by atoms with Crippen molar-refractivity contribution in [3.05, 3.63) is 62.3 Å². The lowest BCUT2D eigenvalue weighted by molar-refractivity contribution is -0.119. The van der Waals surface area contributed by atoms with E-state index in [0.29, 0.717) is 14.9 Å². The number of anilines is 2. The van der Waals surface area contributed by atoms with Crippen molar-refractivity contribution in [2.45, 2.75) is 36.8 Å². The first-order valence-corrected chi connectivity index (χ1v) is 14.8. The van der Waals surface area contributed by atoms with Gasteiger partial charge in [0, 0.05) is 10.6 Å². The lowest BCUT2D eigenvalue weighted by Gasteiger charge is -2.12. The highest BCUT2D eigenvalue weighted by Gasteiger charge is 2.27. The molecule has 1 aliphatic rings. The largest absolute Gasteiger partial charge is 0.462 e. The Labute approximate surface area is 226 Å². The SMILES string of the molecule is CCOC(=O)c1c(NC(=O)COC(=O)c2ccc(NS(=O)(=O)c3ccc(Cl)s3)cc2)sc2c1CCCC2. The van der Waals surface area contributed by atoms with Crippen LogP contribution in [-0.2, 0) is 37.1 Å². The second-order valence-electron chi connectivity index (χ2n) is 8.00. The number of carbonyl (C=O) groups is 3. The number of thiophene rings is 2. The summed E-state index contributed by atoms with van der Waals surface area (Å²) in [6, 6.07) is 8.46. The van der Waals surface area contributed by atoms with Gasteiger partial charge in [0.1, 0.15) is 9.21 Å². The highest BCUT2D eigenvalue weighted by molar-refractivity contribution is 7.94. The maximum Gasteiger partial charge on any atom is 0.341 e. The Bertz CT molecular complexity index is 1430. The second-order valence-corrected chi connectivity index (χ2v) is 12.7. The minimum Gasteiger partial charge on any atom is -0.462 e. The number of rotatable bonds is 9. The van der Waals surface area contributed by atoms with Crippen LogP contribution in [0.1, 0.15) is 50.9 Å². The summed E-state index contributed by atoms with van der Waals surface area (Å²) in [4.78, 5) is 38.5. The monoisotopic (exact) mass is 582 g/mol. The number of fused-ring (bicyclic) bond motifs is 1. The van der Waals surface area contributed by atoms with Gasteiger partial charge in [0.05, 0.1) is 22.1 Å². The average molecular weight is 583 g/mol. The number of nitrogens with one attached hydrogen (secondary N) is 2. The predicted octanol–water partition coefficient (Wildman–Crippen LogP) is 5.11. The average Bonchev–Trinajstić information content (AvgIpc) is 3.46. The molecule has 196 valence electrons. The van der Waals surface area contributed by atoms with Crippen LogP contribution in [0.15, 0.2) is 40.6 Å². The Morgan fingerprint density at radius 3 is 2.38 bits per heavy atom. The molecule has 0 saturated heterocycles. The first-order valence-electron chi connectivity index (χ1n) is 11.3. The van der Waals surface area contributed by atoms with E-state index >= 15 is 0 Å². The second kappa shape index (κ2) is 11.6. The van der Waals surface area contributed by atoms with E-state index in [-0.39, 0.29) is 22.1 Å². The zero-order chi connectivity index (χ0) is 26.6. The molecule has 13 heteroatoms. The molecule has 0 unspecified atom stereocenters. The minimum atomic E-state index is -3.81. The molecule has 0 aliphatic heterocycles. The van der Waals surface area contributed by atoms with E-state index < -0.39 is 34.5 Å². The fraction of sp³-hybridized carbons (Fsp3) is 0.292. The van der Waals surface area contributed by atoms with Crippen molar-refractivity contribution >= 4 is 72.8 Å². The molecule has 1 aromatic carbocycles. The number of benzene rings is 1. The van der Waals surface area contributed by atoms with Crippen molar-refractivity contribution in [3.63, 3.8) is 0 Å². The third kappa shape index (κ3) is 6.50. The summed E-state index contributed by atoms with van der Waals surface area (Å²) in [6.45, 7) is 1.38. The van der Waals surface area contributed by atoms with Gasteiger partial charge >= 0.3 is 11.9 Å². The van der Waals surface area contributed by atoms with Crippen molar-refractivity contribution in [1.82, 2.24) is 0 Å². The van der Waals surface area contributed by atoms with Crippen LogP contribution in [0.5, 0.6) is 0 Å². The van der Waals surface area contributed by atoms with Gasteiger partial charge in [-0.2, -0.15) is 0 Å². The number of sulfonamides is 1. The first kappa shape index (κ1) is 27.1.